The molecule has 5 heterocycles. The van der Waals surface area contributed by atoms with Crippen molar-refractivity contribution in [1.82, 2.24) is 29.6 Å². The minimum Gasteiger partial charge on any atom is -0.355 e. The Kier molecular flexibility index (Phi) is 6.03. The van der Waals surface area contributed by atoms with Gasteiger partial charge < -0.3 is 9.80 Å². The highest BCUT2D eigenvalue weighted by atomic mass is 19.4. The van der Waals surface area contributed by atoms with E-state index in [1.807, 2.05) is 4.90 Å². The summed E-state index contributed by atoms with van der Waals surface area (Å²) in [6.07, 6.45) is -1.31. The number of aromatic nitrogens is 5. The fourth-order valence-electron chi connectivity index (χ4n) is 5.12. The van der Waals surface area contributed by atoms with Gasteiger partial charge in [-0.05, 0) is 37.5 Å². The number of pyridine rings is 1. The van der Waals surface area contributed by atoms with Gasteiger partial charge in [0.05, 0.1) is 18.4 Å². The zero-order valence-corrected chi connectivity index (χ0v) is 19.4. The Bertz CT molecular complexity index is 1270. The maximum absolute atomic E-state index is 13.1. The molecule has 1 atom stereocenters. The van der Waals surface area contributed by atoms with Gasteiger partial charge in [-0.15, -0.1) is 0 Å². The second-order valence-electron chi connectivity index (χ2n) is 9.49. The average Bonchev–Trinajstić information content (AvgIpc) is 3.38. The predicted octanol–water partition coefficient (Wildman–Crippen LogP) is 4.09. The minimum absolute atomic E-state index is 0.0848. The zero-order valence-electron chi connectivity index (χ0n) is 19.4. The van der Waals surface area contributed by atoms with E-state index in [9.17, 15) is 26.7 Å². The molecule has 3 aromatic heterocycles. The minimum atomic E-state index is -4.55. The Labute approximate surface area is 203 Å². The highest BCUT2D eigenvalue weighted by Gasteiger charge is 2.46. The topological polar surface area (TPSA) is 80.0 Å². The summed E-state index contributed by atoms with van der Waals surface area (Å²) < 4.78 is 66.1. The van der Waals surface area contributed by atoms with Crippen LogP contribution in [0.1, 0.15) is 43.5 Å². The van der Waals surface area contributed by atoms with Crippen LogP contribution < -0.4 is 4.90 Å². The van der Waals surface area contributed by atoms with Crippen molar-refractivity contribution in [3.05, 3.63) is 42.0 Å². The molecule has 1 unspecified atom stereocenters. The Morgan fingerprint density at radius 3 is 2.58 bits per heavy atom. The van der Waals surface area contributed by atoms with Crippen LogP contribution in [0.4, 0.5) is 27.8 Å². The van der Waals surface area contributed by atoms with E-state index in [0.29, 0.717) is 61.4 Å². The number of halogens is 5. The van der Waals surface area contributed by atoms with Gasteiger partial charge in [0, 0.05) is 37.7 Å². The molecule has 13 heteroatoms. The maximum atomic E-state index is 13.1. The Morgan fingerprint density at radius 2 is 1.89 bits per heavy atom. The van der Waals surface area contributed by atoms with E-state index in [2.05, 4.69) is 20.1 Å². The van der Waals surface area contributed by atoms with Crippen molar-refractivity contribution in [3.8, 4) is 0 Å². The molecule has 1 spiro atoms. The molecule has 2 saturated heterocycles. The van der Waals surface area contributed by atoms with Gasteiger partial charge in [0.15, 0.2) is 5.65 Å². The Morgan fingerprint density at radius 1 is 1.14 bits per heavy atom. The number of hydrogen-bond acceptors (Lipinski definition) is 6. The highest BCUT2D eigenvalue weighted by molar-refractivity contribution is 5.80. The monoisotopic (exact) mass is 509 g/mol. The van der Waals surface area contributed by atoms with E-state index in [1.165, 1.54) is 12.3 Å². The summed E-state index contributed by atoms with van der Waals surface area (Å²) in [6.45, 7) is 2.80. The van der Waals surface area contributed by atoms with Crippen LogP contribution in [-0.4, -0.2) is 61.6 Å². The van der Waals surface area contributed by atoms with Crippen molar-refractivity contribution in [2.75, 3.05) is 24.5 Å². The lowest BCUT2D eigenvalue weighted by atomic mass is 9.77. The van der Waals surface area contributed by atoms with Crippen LogP contribution in [-0.2, 0) is 17.5 Å². The van der Waals surface area contributed by atoms with Gasteiger partial charge in [-0.3, -0.25) is 9.78 Å². The molecule has 0 aliphatic carbocycles. The number of fused-ring (bicyclic) bond motifs is 1. The molecule has 0 N–H and O–H groups in total. The number of hydrogen-bond donors (Lipinski definition) is 0. The molecule has 0 bridgehead atoms. The van der Waals surface area contributed by atoms with E-state index in [1.54, 1.807) is 18.0 Å². The molecular formula is C23H24F5N7O. The fraction of sp³-hybridized carbons (Fsp3) is 0.522. The van der Waals surface area contributed by atoms with Crippen LogP contribution in [0, 0.1) is 5.41 Å². The third kappa shape index (κ3) is 4.58. The van der Waals surface area contributed by atoms with Crippen LogP contribution in [0.5, 0.6) is 0 Å². The average molecular weight is 509 g/mol. The van der Waals surface area contributed by atoms with Gasteiger partial charge >= 0.3 is 6.18 Å². The molecule has 0 aromatic carbocycles. The second-order valence-corrected chi connectivity index (χ2v) is 9.49. The first-order chi connectivity index (χ1) is 17.0. The van der Waals surface area contributed by atoms with Crippen LogP contribution in [0.15, 0.2) is 30.7 Å². The molecule has 2 fully saturated rings. The zero-order chi connectivity index (χ0) is 25.7. The summed E-state index contributed by atoms with van der Waals surface area (Å²) in [4.78, 5) is 28.8. The lowest BCUT2D eigenvalue weighted by molar-refractivity contribution is -0.141. The molecule has 1 amide bonds. The number of alkyl halides is 5. The summed E-state index contributed by atoms with van der Waals surface area (Å²) in [5.41, 5.74) is -0.140. The van der Waals surface area contributed by atoms with Crippen molar-refractivity contribution in [1.29, 1.82) is 0 Å². The summed E-state index contributed by atoms with van der Waals surface area (Å²) in [7, 11) is 0. The SMILES string of the molecule is CC(c1ccnc(C(F)(F)F)c1)N1CC2(CCN(c3cnc4cnn(CC(F)F)c4n3)CC2)CC1=O. The molecule has 5 rings (SSSR count). The van der Waals surface area contributed by atoms with Crippen molar-refractivity contribution < 1.29 is 26.7 Å². The molecule has 3 aromatic rings. The molecular weight excluding hydrogens is 485 g/mol. The van der Waals surface area contributed by atoms with Gasteiger partial charge in [-0.1, -0.05) is 0 Å². The predicted molar refractivity (Wildman–Crippen MR) is 119 cm³/mol. The smallest absolute Gasteiger partial charge is 0.355 e. The molecule has 2 aliphatic rings. The van der Waals surface area contributed by atoms with Gasteiger partial charge in [0.25, 0.3) is 6.43 Å². The summed E-state index contributed by atoms with van der Waals surface area (Å²) in [5.74, 6) is 0.470. The number of anilines is 1. The molecule has 2 aliphatic heterocycles. The quantitative estimate of drug-likeness (QED) is 0.483. The van der Waals surface area contributed by atoms with Crippen molar-refractivity contribution in [2.45, 2.75) is 51.4 Å². The molecule has 192 valence electrons. The number of piperidine rings is 1. The second kappa shape index (κ2) is 8.93. The number of rotatable bonds is 5. The Hall–Kier alpha value is -3.38. The summed E-state index contributed by atoms with van der Waals surface area (Å²) in [6, 6.07) is 2.00. The lowest BCUT2D eigenvalue weighted by Gasteiger charge is -2.39. The molecule has 0 saturated carbocycles. The van der Waals surface area contributed by atoms with Crippen molar-refractivity contribution >= 4 is 22.9 Å². The van der Waals surface area contributed by atoms with Gasteiger partial charge in [-0.2, -0.15) is 18.3 Å². The number of carbonyl (C=O) groups excluding carboxylic acids is 1. The van der Waals surface area contributed by atoms with Gasteiger partial charge in [0.1, 0.15) is 23.6 Å². The first-order valence-electron chi connectivity index (χ1n) is 11.6. The standard InChI is InChI=1S/C23H24F5N7O/c1-14(15-2-5-29-17(8-15)23(26,27)28)34-13-22(9-20(34)36)3-6-33(7-4-22)19-11-30-16-10-31-35(12-18(24)25)21(16)32-19/h2,5,8,10-11,14,18H,3-4,6-7,9,12-13H2,1H3. The van der Waals surface area contributed by atoms with Crippen LogP contribution >= 0.6 is 0 Å². The maximum Gasteiger partial charge on any atom is 0.433 e. The van der Waals surface area contributed by atoms with E-state index >= 15 is 0 Å². The number of nitrogens with zero attached hydrogens (tertiary/aromatic N) is 7. The van der Waals surface area contributed by atoms with E-state index in [-0.39, 0.29) is 11.3 Å². The third-order valence-corrected chi connectivity index (χ3v) is 7.17. The lowest BCUT2D eigenvalue weighted by Crippen LogP contribution is -2.42. The van der Waals surface area contributed by atoms with E-state index in [4.69, 9.17) is 0 Å². The third-order valence-electron chi connectivity index (χ3n) is 7.17. The molecule has 0 radical (unpaired) electrons. The summed E-state index contributed by atoms with van der Waals surface area (Å²) >= 11 is 0. The van der Waals surface area contributed by atoms with Gasteiger partial charge in [0.2, 0.25) is 5.91 Å². The molecule has 8 nitrogen and oxygen atoms in total. The summed E-state index contributed by atoms with van der Waals surface area (Å²) in [5, 5.41) is 3.94. The van der Waals surface area contributed by atoms with E-state index < -0.39 is 30.9 Å². The van der Waals surface area contributed by atoms with Crippen LogP contribution in [0.2, 0.25) is 0 Å². The number of amides is 1. The number of carbonyl (C=O) groups is 1. The van der Waals surface area contributed by atoms with Crippen LogP contribution in [0.25, 0.3) is 11.2 Å². The molecule has 36 heavy (non-hydrogen) atoms. The number of likely N-dealkylation sites (tertiary alicyclic amines) is 1. The van der Waals surface area contributed by atoms with Crippen molar-refractivity contribution in [2.24, 2.45) is 5.41 Å². The fourth-order valence-corrected chi connectivity index (χ4v) is 5.12. The highest BCUT2D eigenvalue weighted by Crippen LogP contribution is 2.44. The van der Waals surface area contributed by atoms with Gasteiger partial charge in [-0.25, -0.2) is 23.4 Å². The largest absolute Gasteiger partial charge is 0.433 e. The van der Waals surface area contributed by atoms with Crippen molar-refractivity contribution in [3.63, 3.8) is 0 Å². The first-order valence-corrected chi connectivity index (χ1v) is 11.6. The first kappa shape index (κ1) is 24.3. The Balaban J connectivity index is 1.28. The van der Waals surface area contributed by atoms with E-state index in [0.717, 1.165) is 16.9 Å². The van der Waals surface area contributed by atoms with Crippen LogP contribution in [0.3, 0.4) is 0 Å². The normalized spacial score (nSPS) is 19.1.